The van der Waals surface area contributed by atoms with Crippen molar-refractivity contribution in [3.05, 3.63) is 23.8 Å². The van der Waals surface area contributed by atoms with Crippen LogP contribution in [0.25, 0.3) is 0 Å². The van der Waals surface area contributed by atoms with Crippen LogP contribution in [0.3, 0.4) is 0 Å². The molecule has 0 radical (unpaired) electrons. The molecule has 1 saturated heterocycles. The third-order valence-corrected chi connectivity index (χ3v) is 5.24. The van der Waals surface area contributed by atoms with E-state index in [1.807, 2.05) is 0 Å². The average molecular weight is 328 g/mol. The van der Waals surface area contributed by atoms with Gasteiger partial charge in [-0.2, -0.15) is 4.31 Å². The number of methoxy groups -OCH3 is 1. The van der Waals surface area contributed by atoms with E-state index >= 15 is 0 Å². The second kappa shape index (κ2) is 6.23. The van der Waals surface area contributed by atoms with E-state index < -0.39 is 16.0 Å². The van der Waals surface area contributed by atoms with Gasteiger partial charge in [-0.05, 0) is 32.0 Å². The van der Waals surface area contributed by atoms with E-state index in [0.29, 0.717) is 0 Å². The molecule has 1 aliphatic rings. The number of sulfonamides is 1. The van der Waals surface area contributed by atoms with E-state index in [0.717, 1.165) is 6.07 Å². The average Bonchev–Trinajstić information content (AvgIpc) is 2.45. The molecule has 1 heterocycles. The van der Waals surface area contributed by atoms with Crippen molar-refractivity contribution in [1.82, 2.24) is 4.31 Å². The van der Waals surface area contributed by atoms with Gasteiger partial charge < -0.3 is 19.4 Å². The number of hydrogen-bond donors (Lipinski definition) is 0. The van der Waals surface area contributed by atoms with Gasteiger partial charge >= 0.3 is 0 Å². The van der Waals surface area contributed by atoms with Gasteiger partial charge in [0.2, 0.25) is 10.0 Å². The summed E-state index contributed by atoms with van der Waals surface area (Å²) >= 11 is 0. The second-order valence-corrected chi connectivity index (χ2v) is 7.17. The Bertz CT molecular complexity index is 662. The molecule has 0 unspecified atom stereocenters. The highest BCUT2D eigenvalue weighted by Crippen LogP contribution is 2.26. The van der Waals surface area contributed by atoms with Gasteiger partial charge in [0.15, 0.2) is 0 Å². The van der Waals surface area contributed by atoms with Crippen molar-refractivity contribution in [2.75, 3.05) is 20.2 Å². The van der Waals surface area contributed by atoms with Crippen LogP contribution >= 0.6 is 0 Å². The van der Waals surface area contributed by atoms with Gasteiger partial charge in [0.1, 0.15) is 5.75 Å². The topological polar surface area (TPSA) is 96.0 Å². The standard InChI is InChI=1S/C14H19NO6S/c1-9-7-15(8-10(2)21-9)22(18,19)11-4-5-13(20-3)12(6-11)14(16)17/h4-6,9-10H,7-8H2,1-3H3,(H,16,17)/p-1/t9-,10+. The third kappa shape index (κ3) is 3.23. The van der Waals surface area contributed by atoms with E-state index in [4.69, 9.17) is 9.47 Å². The molecule has 122 valence electrons. The first-order valence-corrected chi connectivity index (χ1v) is 8.24. The molecule has 0 aliphatic carbocycles. The minimum atomic E-state index is -3.80. The highest BCUT2D eigenvalue weighted by atomic mass is 32.2. The van der Waals surface area contributed by atoms with Crippen molar-refractivity contribution in [3.63, 3.8) is 0 Å². The molecule has 1 aromatic rings. The maximum atomic E-state index is 12.7. The largest absolute Gasteiger partial charge is 0.545 e. The van der Waals surface area contributed by atoms with Crippen molar-refractivity contribution in [3.8, 4) is 5.75 Å². The lowest BCUT2D eigenvalue weighted by Gasteiger charge is -2.34. The zero-order chi connectivity index (χ0) is 16.5. The Morgan fingerprint density at radius 3 is 2.41 bits per heavy atom. The van der Waals surface area contributed by atoms with Crippen molar-refractivity contribution >= 4 is 16.0 Å². The summed E-state index contributed by atoms with van der Waals surface area (Å²) in [5.41, 5.74) is -0.294. The fourth-order valence-electron chi connectivity index (χ4n) is 2.48. The molecule has 1 aromatic carbocycles. The summed E-state index contributed by atoms with van der Waals surface area (Å²) in [5.74, 6) is -1.43. The van der Waals surface area contributed by atoms with Crippen LogP contribution in [0.15, 0.2) is 23.1 Å². The molecule has 0 N–H and O–H groups in total. The normalized spacial score (nSPS) is 23.2. The molecule has 22 heavy (non-hydrogen) atoms. The van der Waals surface area contributed by atoms with E-state index in [1.54, 1.807) is 13.8 Å². The minimum absolute atomic E-state index is 0.0580. The summed E-state index contributed by atoms with van der Waals surface area (Å²) in [7, 11) is -2.50. The number of hydrogen-bond acceptors (Lipinski definition) is 6. The predicted molar refractivity (Wildman–Crippen MR) is 76.1 cm³/mol. The first kappa shape index (κ1) is 16.7. The van der Waals surface area contributed by atoms with Crippen LogP contribution in [-0.4, -0.2) is 51.1 Å². The first-order chi connectivity index (χ1) is 10.3. The third-order valence-electron chi connectivity index (χ3n) is 3.41. The van der Waals surface area contributed by atoms with Crippen molar-refractivity contribution in [2.24, 2.45) is 0 Å². The van der Waals surface area contributed by atoms with Crippen molar-refractivity contribution in [2.45, 2.75) is 31.0 Å². The quantitative estimate of drug-likeness (QED) is 0.763. The molecule has 1 fully saturated rings. The van der Waals surface area contributed by atoms with Gasteiger partial charge in [-0.15, -0.1) is 0 Å². The summed E-state index contributed by atoms with van der Waals surface area (Å²) in [6, 6.07) is 3.70. The Balaban J connectivity index is 2.41. The van der Waals surface area contributed by atoms with Gasteiger partial charge in [0, 0.05) is 18.7 Å². The summed E-state index contributed by atoms with van der Waals surface area (Å²) in [5, 5.41) is 11.1. The molecular formula is C14H18NO6S-. The van der Waals surface area contributed by atoms with E-state index in [9.17, 15) is 18.3 Å². The zero-order valence-electron chi connectivity index (χ0n) is 12.6. The SMILES string of the molecule is COc1ccc(S(=O)(=O)N2C[C@@H](C)O[C@@H](C)C2)cc1C(=O)[O-]. The minimum Gasteiger partial charge on any atom is -0.545 e. The number of carboxylic acids is 1. The Labute approximate surface area is 129 Å². The van der Waals surface area contributed by atoms with Crippen LogP contribution in [0.2, 0.25) is 0 Å². The molecule has 2 atom stereocenters. The highest BCUT2D eigenvalue weighted by Gasteiger charge is 2.32. The van der Waals surface area contributed by atoms with Gasteiger partial charge in [0.05, 0.1) is 30.2 Å². The van der Waals surface area contributed by atoms with Crippen LogP contribution in [-0.2, 0) is 14.8 Å². The Morgan fingerprint density at radius 1 is 1.32 bits per heavy atom. The summed E-state index contributed by atoms with van der Waals surface area (Å²) in [6.07, 6.45) is -0.449. The lowest BCUT2D eigenvalue weighted by molar-refractivity contribution is -0.255. The van der Waals surface area contributed by atoms with Gasteiger partial charge in [-0.3, -0.25) is 0 Å². The fraction of sp³-hybridized carbons (Fsp3) is 0.500. The lowest BCUT2D eigenvalue weighted by Crippen LogP contribution is -2.48. The predicted octanol–water partition coefficient (Wildman–Crippen LogP) is -0.143. The monoisotopic (exact) mass is 328 g/mol. The van der Waals surface area contributed by atoms with E-state index in [1.165, 1.54) is 23.5 Å². The van der Waals surface area contributed by atoms with Crippen LogP contribution < -0.4 is 9.84 Å². The van der Waals surface area contributed by atoms with Crippen molar-refractivity contribution in [1.29, 1.82) is 0 Å². The van der Waals surface area contributed by atoms with E-state index in [2.05, 4.69) is 0 Å². The summed E-state index contributed by atoms with van der Waals surface area (Å²) in [4.78, 5) is 11.0. The number of aromatic carboxylic acids is 1. The lowest BCUT2D eigenvalue weighted by atomic mass is 10.2. The number of morpholine rings is 1. The first-order valence-electron chi connectivity index (χ1n) is 6.80. The van der Waals surface area contributed by atoms with Gasteiger partial charge in [-0.25, -0.2) is 8.42 Å². The highest BCUT2D eigenvalue weighted by molar-refractivity contribution is 7.89. The number of benzene rings is 1. The van der Waals surface area contributed by atoms with Gasteiger partial charge in [-0.1, -0.05) is 0 Å². The van der Waals surface area contributed by atoms with Crippen LogP contribution in [0.1, 0.15) is 24.2 Å². The number of carbonyl (C=O) groups is 1. The number of nitrogens with zero attached hydrogens (tertiary/aromatic N) is 1. The Morgan fingerprint density at radius 2 is 1.91 bits per heavy atom. The van der Waals surface area contributed by atoms with E-state index in [-0.39, 0.29) is 41.5 Å². The van der Waals surface area contributed by atoms with Crippen LogP contribution in [0.5, 0.6) is 5.75 Å². The maximum absolute atomic E-state index is 12.7. The smallest absolute Gasteiger partial charge is 0.243 e. The van der Waals surface area contributed by atoms with Crippen molar-refractivity contribution < 1.29 is 27.8 Å². The molecule has 0 aromatic heterocycles. The molecule has 1 aliphatic heterocycles. The number of ether oxygens (including phenoxy) is 2. The Hall–Kier alpha value is -1.64. The summed E-state index contributed by atoms with van der Waals surface area (Å²) < 4.78 is 37.1. The van der Waals surface area contributed by atoms with Crippen LogP contribution in [0, 0.1) is 0 Å². The number of carbonyl (C=O) groups excluding carboxylic acids is 1. The Kier molecular flexibility index (Phi) is 4.74. The molecule has 8 heteroatoms. The molecule has 2 rings (SSSR count). The fourth-order valence-corrected chi connectivity index (χ4v) is 4.10. The molecule has 0 bridgehead atoms. The number of carboxylic acid groups (broad SMARTS) is 1. The van der Waals surface area contributed by atoms with Gasteiger partial charge in [0.25, 0.3) is 0 Å². The summed E-state index contributed by atoms with van der Waals surface area (Å²) in [6.45, 7) is 4.02. The molecule has 7 nitrogen and oxygen atoms in total. The molecule has 0 spiro atoms. The van der Waals surface area contributed by atoms with Crippen LogP contribution in [0.4, 0.5) is 0 Å². The maximum Gasteiger partial charge on any atom is 0.243 e. The second-order valence-electron chi connectivity index (χ2n) is 5.23. The molecule has 0 saturated carbocycles. The molecular weight excluding hydrogens is 310 g/mol. The number of rotatable bonds is 4. The zero-order valence-corrected chi connectivity index (χ0v) is 13.4. The molecule has 0 amide bonds.